The van der Waals surface area contributed by atoms with Crippen molar-refractivity contribution in [3.8, 4) is 0 Å². The second-order valence-electron chi connectivity index (χ2n) is 4.64. The average Bonchev–Trinajstić information content (AvgIpc) is 2.89. The van der Waals surface area contributed by atoms with E-state index >= 15 is 0 Å². The number of hydrogen-bond donors (Lipinski definition) is 1. The number of hydrogen-bond acceptors (Lipinski definition) is 7. The van der Waals surface area contributed by atoms with Gasteiger partial charge in [-0.15, -0.1) is 11.3 Å². The zero-order valence-corrected chi connectivity index (χ0v) is 12.7. The fraction of sp³-hybridized carbons (Fsp3) is 0.538. The molecule has 0 bridgehead atoms. The molecule has 0 saturated carbocycles. The molecule has 1 unspecified atom stereocenters. The van der Waals surface area contributed by atoms with Gasteiger partial charge in [-0.2, -0.15) is 0 Å². The van der Waals surface area contributed by atoms with Crippen LogP contribution in [0.25, 0.3) is 0 Å². The van der Waals surface area contributed by atoms with Gasteiger partial charge in [-0.05, 0) is 13.8 Å². The third-order valence-corrected chi connectivity index (χ3v) is 4.03. The normalized spacial score (nSPS) is 18.6. The zero-order valence-electron chi connectivity index (χ0n) is 11.9. The van der Waals surface area contributed by atoms with E-state index in [2.05, 4.69) is 10.3 Å². The quantitative estimate of drug-likeness (QED) is 0.629. The highest BCUT2D eigenvalue weighted by Crippen LogP contribution is 2.24. The summed E-state index contributed by atoms with van der Waals surface area (Å²) in [7, 11) is 0. The van der Waals surface area contributed by atoms with Gasteiger partial charge in [0.2, 0.25) is 11.8 Å². The molecular formula is C13H17N3O4S. The number of thiazole rings is 1. The van der Waals surface area contributed by atoms with Gasteiger partial charge in [-0.25, -0.2) is 4.98 Å². The van der Waals surface area contributed by atoms with Crippen molar-refractivity contribution in [2.45, 2.75) is 32.7 Å². The van der Waals surface area contributed by atoms with Crippen LogP contribution in [0, 0.1) is 0 Å². The number of rotatable bonds is 5. The monoisotopic (exact) mass is 311 g/mol. The number of carbonyl (C=O) groups excluding carboxylic acids is 3. The third-order valence-electron chi connectivity index (χ3n) is 3.10. The topological polar surface area (TPSA) is 88.6 Å². The molecule has 1 fully saturated rings. The Balaban J connectivity index is 2.00. The van der Waals surface area contributed by atoms with Gasteiger partial charge in [0.1, 0.15) is 12.6 Å². The second-order valence-corrected chi connectivity index (χ2v) is 5.48. The number of nitrogens with zero attached hydrogens (tertiary/aromatic N) is 2. The van der Waals surface area contributed by atoms with E-state index in [1.165, 1.54) is 11.3 Å². The maximum absolute atomic E-state index is 11.6. The highest BCUT2D eigenvalue weighted by molar-refractivity contribution is 7.13. The molecule has 8 heteroatoms. The minimum atomic E-state index is -0.438. The van der Waals surface area contributed by atoms with Crippen LogP contribution in [-0.2, 0) is 25.5 Å². The smallest absolute Gasteiger partial charge is 0.306 e. The molecule has 1 aromatic heterocycles. The number of aryl methyl sites for hydroxylation is 1. The number of anilines is 1. The van der Waals surface area contributed by atoms with E-state index < -0.39 is 6.04 Å². The molecule has 1 saturated heterocycles. The molecule has 1 atom stereocenters. The number of imide groups is 1. The van der Waals surface area contributed by atoms with E-state index in [0.717, 1.165) is 5.69 Å². The maximum Gasteiger partial charge on any atom is 0.306 e. The van der Waals surface area contributed by atoms with Gasteiger partial charge in [0.15, 0.2) is 5.13 Å². The summed E-state index contributed by atoms with van der Waals surface area (Å²) in [6.07, 6.45) is 0.754. The van der Waals surface area contributed by atoms with E-state index in [9.17, 15) is 14.4 Å². The molecule has 7 nitrogen and oxygen atoms in total. The highest BCUT2D eigenvalue weighted by Gasteiger charge is 2.31. The molecule has 0 spiro atoms. The van der Waals surface area contributed by atoms with Crippen LogP contribution in [0.1, 0.15) is 26.0 Å². The van der Waals surface area contributed by atoms with Crippen LogP contribution in [0.4, 0.5) is 5.13 Å². The van der Waals surface area contributed by atoms with E-state index in [1.807, 2.05) is 5.38 Å². The molecule has 114 valence electrons. The number of carbonyl (C=O) groups is 3. The van der Waals surface area contributed by atoms with Crippen LogP contribution < -0.4 is 10.2 Å². The lowest BCUT2D eigenvalue weighted by Gasteiger charge is -2.31. The number of aromatic nitrogens is 1. The fourth-order valence-electron chi connectivity index (χ4n) is 1.95. The van der Waals surface area contributed by atoms with Gasteiger partial charge in [0.25, 0.3) is 0 Å². The Hall–Kier alpha value is -1.96. The van der Waals surface area contributed by atoms with Gasteiger partial charge in [0.05, 0.1) is 18.7 Å². The predicted octanol–water partition coefficient (Wildman–Crippen LogP) is 0.490. The van der Waals surface area contributed by atoms with Crippen molar-refractivity contribution >= 4 is 34.3 Å². The Labute approximate surface area is 126 Å². The highest BCUT2D eigenvalue weighted by atomic mass is 32.1. The first-order valence-corrected chi connectivity index (χ1v) is 7.59. The summed E-state index contributed by atoms with van der Waals surface area (Å²) in [4.78, 5) is 40.4. The Morgan fingerprint density at radius 1 is 1.57 bits per heavy atom. The minimum Gasteiger partial charge on any atom is -0.466 e. The van der Waals surface area contributed by atoms with Crippen LogP contribution in [-0.4, -0.2) is 42.0 Å². The van der Waals surface area contributed by atoms with Crippen LogP contribution in [0.2, 0.25) is 0 Å². The zero-order chi connectivity index (χ0) is 15.4. The average molecular weight is 311 g/mol. The molecule has 0 aromatic carbocycles. The van der Waals surface area contributed by atoms with Gasteiger partial charge >= 0.3 is 5.97 Å². The van der Waals surface area contributed by atoms with Crippen LogP contribution in [0.5, 0.6) is 0 Å². The van der Waals surface area contributed by atoms with Gasteiger partial charge < -0.3 is 9.64 Å². The van der Waals surface area contributed by atoms with Crippen molar-refractivity contribution in [2.75, 3.05) is 18.1 Å². The number of ether oxygens (including phenoxy) is 1. The first-order chi connectivity index (χ1) is 10.0. The summed E-state index contributed by atoms with van der Waals surface area (Å²) in [5, 5.41) is 4.73. The Morgan fingerprint density at radius 3 is 3.05 bits per heavy atom. The van der Waals surface area contributed by atoms with Crippen molar-refractivity contribution in [1.29, 1.82) is 0 Å². The first-order valence-electron chi connectivity index (χ1n) is 6.71. The van der Waals surface area contributed by atoms with Crippen molar-refractivity contribution in [1.82, 2.24) is 10.3 Å². The summed E-state index contributed by atoms with van der Waals surface area (Å²) < 4.78 is 4.86. The predicted molar refractivity (Wildman–Crippen MR) is 77.0 cm³/mol. The standard InChI is InChI=1S/C13H17N3O4S/c1-3-20-11(18)5-4-9-7-21-13(14-9)16-6-10(17)15-12(19)8(16)2/h7-8H,3-6H2,1-2H3,(H,15,17,19). The molecule has 0 aliphatic carbocycles. The molecule has 2 heterocycles. The van der Waals surface area contributed by atoms with Crippen LogP contribution >= 0.6 is 11.3 Å². The number of piperazine rings is 1. The van der Waals surface area contributed by atoms with Gasteiger partial charge in [-0.1, -0.05) is 0 Å². The van der Waals surface area contributed by atoms with Crippen molar-refractivity contribution in [3.63, 3.8) is 0 Å². The Bertz CT molecular complexity index is 557. The summed E-state index contributed by atoms with van der Waals surface area (Å²) in [5.41, 5.74) is 0.758. The summed E-state index contributed by atoms with van der Waals surface area (Å²) in [6.45, 7) is 3.96. The lowest BCUT2D eigenvalue weighted by atomic mass is 10.2. The fourth-order valence-corrected chi connectivity index (χ4v) is 2.89. The van der Waals surface area contributed by atoms with E-state index in [0.29, 0.717) is 18.2 Å². The van der Waals surface area contributed by atoms with Gasteiger partial charge in [0, 0.05) is 11.8 Å². The lowest BCUT2D eigenvalue weighted by Crippen LogP contribution is -2.57. The number of amides is 2. The van der Waals surface area contributed by atoms with Crippen molar-refractivity contribution in [2.24, 2.45) is 0 Å². The molecule has 2 amide bonds. The first kappa shape index (κ1) is 15.4. The van der Waals surface area contributed by atoms with E-state index in [4.69, 9.17) is 4.74 Å². The van der Waals surface area contributed by atoms with Crippen molar-refractivity contribution < 1.29 is 19.1 Å². The maximum atomic E-state index is 11.6. The van der Waals surface area contributed by atoms with Gasteiger partial charge in [-0.3, -0.25) is 19.7 Å². The molecule has 0 radical (unpaired) electrons. The SMILES string of the molecule is CCOC(=O)CCc1csc(N2CC(=O)NC(=O)C2C)n1. The molecular weight excluding hydrogens is 294 g/mol. The Morgan fingerprint density at radius 2 is 2.33 bits per heavy atom. The molecule has 21 heavy (non-hydrogen) atoms. The van der Waals surface area contributed by atoms with E-state index in [-0.39, 0.29) is 30.7 Å². The third kappa shape index (κ3) is 3.78. The molecule has 1 aliphatic heterocycles. The largest absolute Gasteiger partial charge is 0.466 e. The Kier molecular flexibility index (Phi) is 4.89. The summed E-state index contributed by atoms with van der Waals surface area (Å²) in [6, 6.07) is -0.438. The second kappa shape index (κ2) is 6.66. The molecule has 1 N–H and O–H groups in total. The summed E-state index contributed by atoms with van der Waals surface area (Å²) >= 11 is 1.36. The molecule has 2 rings (SSSR count). The number of nitrogens with one attached hydrogen (secondary N) is 1. The minimum absolute atomic E-state index is 0.109. The number of esters is 1. The van der Waals surface area contributed by atoms with Crippen LogP contribution in [0.3, 0.4) is 0 Å². The molecule has 1 aliphatic rings. The van der Waals surface area contributed by atoms with Crippen LogP contribution in [0.15, 0.2) is 5.38 Å². The molecule has 1 aromatic rings. The van der Waals surface area contributed by atoms with Crippen molar-refractivity contribution in [3.05, 3.63) is 11.1 Å². The summed E-state index contributed by atoms with van der Waals surface area (Å²) in [5.74, 6) is -0.913. The van der Waals surface area contributed by atoms with E-state index in [1.54, 1.807) is 18.7 Å². The lowest BCUT2D eigenvalue weighted by molar-refractivity contribution is -0.143.